The van der Waals surface area contributed by atoms with E-state index < -0.39 is 36.4 Å². The number of amides is 1. The van der Waals surface area contributed by atoms with Crippen molar-refractivity contribution in [3.63, 3.8) is 0 Å². The van der Waals surface area contributed by atoms with Crippen LogP contribution in [-0.2, 0) is 14.3 Å². The molecule has 0 spiro atoms. The molecule has 0 saturated carbocycles. The zero-order valence-corrected chi connectivity index (χ0v) is 21.2. The first-order chi connectivity index (χ1) is 17.2. The van der Waals surface area contributed by atoms with Crippen LogP contribution in [0.4, 0.5) is 13.2 Å². The van der Waals surface area contributed by atoms with Crippen molar-refractivity contribution in [3.8, 4) is 17.2 Å². The number of ether oxygens (including phenoxy) is 4. The minimum Gasteiger partial charge on any atom is -0.493 e. The van der Waals surface area contributed by atoms with Crippen LogP contribution in [0, 0.1) is 5.92 Å². The van der Waals surface area contributed by atoms with Crippen molar-refractivity contribution in [1.29, 1.82) is 0 Å². The highest BCUT2D eigenvalue weighted by Crippen LogP contribution is 2.33. The molecule has 0 saturated heterocycles. The number of benzene rings is 1. The van der Waals surface area contributed by atoms with E-state index in [1.807, 2.05) is 13.8 Å². The van der Waals surface area contributed by atoms with Gasteiger partial charge in [-0.25, -0.2) is 9.78 Å². The number of aromatic nitrogens is 1. The van der Waals surface area contributed by atoms with Crippen LogP contribution < -0.4 is 19.5 Å². The highest BCUT2D eigenvalue weighted by Gasteiger charge is 2.32. The van der Waals surface area contributed by atoms with Crippen molar-refractivity contribution in [2.45, 2.75) is 59.0 Å². The number of rotatable bonds is 10. The van der Waals surface area contributed by atoms with Gasteiger partial charge in [-0.05, 0) is 37.5 Å². The number of nitrogens with zero attached hydrogens (tertiary/aromatic N) is 1. The fraction of sp³-hybridized carbons (Fsp3) is 0.440. The lowest BCUT2D eigenvalue weighted by atomic mass is 9.84. The molecule has 0 aliphatic carbocycles. The lowest BCUT2D eigenvalue weighted by molar-refractivity contribution is -0.274. The van der Waals surface area contributed by atoms with Crippen molar-refractivity contribution in [2.24, 2.45) is 5.92 Å². The molecule has 1 heterocycles. The minimum atomic E-state index is -4.80. The Kier molecular flexibility index (Phi) is 9.87. The molecule has 2 aromatic rings. The maximum Gasteiger partial charge on any atom is 0.573 e. The smallest absolute Gasteiger partial charge is 0.493 e. The highest BCUT2D eigenvalue weighted by atomic mass is 19.4. The van der Waals surface area contributed by atoms with Gasteiger partial charge in [0.05, 0.1) is 7.11 Å². The third kappa shape index (κ3) is 8.36. The Balaban J connectivity index is 2.12. The molecule has 1 aromatic heterocycles. The standard InChI is InChI=1S/C25H29F3N2O7/c1-13(2)20(17-7-9-18(10-8-17)37-25(26,27)28)15(4)35-24(33)14(3)30-23(32)21-22(36-16(5)31)19(34-6)11-12-29-21/h7-15,20H,1-6H3,(H,30,32)/t14-,15-,20+/m0/s1. The molecular weight excluding hydrogens is 497 g/mol. The van der Waals surface area contributed by atoms with Gasteiger partial charge in [0.25, 0.3) is 5.91 Å². The third-order valence-corrected chi connectivity index (χ3v) is 5.27. The Morgan fingerprint density at radius 3 is 2.14 bits per heavy atom. The molecule has 37 heavy (non-hydrogen) atoms. The first kappa shape index (κ1) is 29.4. The molecule has 12 heteroatoms. The molecule has 0 fully saturated rings. The number of halogens is 3. The van der Waals surface area contributed by atoms with Crippen LogP contribution in [-0.4, -0.2) is 48.4 Å². The molecule has 202 valence electrons. The monoisotopic (exact) mass is 526 g/mol. The number of esters is 2. The molecule has 2 rings (SSSR count). The predicted octanol–water partition coefficient (Wildman–Crippen LogP) is 4.40. The summed E-state index contributed by atoms with van der Waals surface area (Å²) < 4.78 is 57.0. The van der Waals surface area contributed by atoms with Crippen LogP contribution in [0.5, 0.6) is 17.2 Å². The second-order valence-electron chi connectivity index (χ2n) is 8.51. The largest absolute Gasteiger partial charge is 0.573 e. The predicted molar refractivity (Wildman–Crippen MR) is 125 cm³/mol. The summed E-state index contributed by atoms with van der Waals surface area (Å²) in [6.45, 7) is 7.97. The molecule has 1 aromatic carbocycles. The van der Waals surface area contributed by atoms with Gasteiger partial charge in [-0.3, -0.25) is 9.59 Å². The average Bonchev–Trinajstić information content (AvgIpc) is 2.78. The Morgan fingerprint density at radius 1 is 1.00 bits per heavy atom. The van der Waals surface area contributed by atoms with Crippen LogP contribution in [0.2, 0.25) is 0 Å². The van der Waals surface area contributed by atoms with E-state index in [4.69, 9.17) is 14.2 Å². The normalized spacial score (nSPS) is 13.8. The number of hydrogen-bond donors (Lipinski definition) is 1. The van der Waals surface area contributed by atoms with Gasteiger partial charge >= 0.3 is 18.3 Å². The molecule has 0 aliphatic heterocycles. The molecule has 1 N–H and O–H groups in total. The number of hydrogen-bond acceptors (Lipinski definition) is 8. The highest BCUT2D eigenvalue weighted by molar-refractivity contribution is 5.98. The summed E-state index contributed by atoms with van der Waals surface area (Å²) in [5, 5.41) is 2.46. The van der Waals surface area contributed by atoms with Crippen molar-refractivity contribution >= 4 is 17.8 Å². The maximum atomic E-state index is 12.8. The SMILES string of the molecule is COc1ccnc(C(=O)N[C@@H](C)C(=O)O[C@@H](C)[C@H](c2ccc(OC(F)(F)F)cc2)C(C)C)c1OC(C)=O. The molecular formula is C25H29F3N2O7. The van der Waals surface area contributed by atoms with Gasteiger partial charge in [0.15, 0.2) is 11.4 Å². The Morgan fingerprint density at radius 2 is 1.62 bits per heavy atom. The van der Waals surface area contributed by atoms with Crippen molar-refractivity contribution < 1.29 is 46.5 Å². The van der Waals surface area contributed by atoms with E-state index in [0.29, 0.717) is 5.56 Å². The number of alkyl halides is 3. The molecule has 0 unspecified atom stereocenters. The lowest BCUT2D eigenvalue weighted by Gasteiger charge is -2.29. The van der Waals surface area contributed by atoms with Gasteiger partial charge in [0.2, 0.25) is 5.75 Å². The van der Waals surface area contributed by atoms with Gasteiger partial charge in [0, 0.05) is 25.1 Å². The first-order valence-electron chi connectivity index (χ1n) is 11.3. The van der Waals surface area contributed by atoms with E-state index in [2.05, 4.69) is 15.0 Å². The second kappa shape index (κ2) is 12.4. The summed E-state index contributed by atoms with van der Waals surface area (Å²) >= 11 is 0. The zero-order valence-electron chi connectivity index (χ0n) is 21.2. The molecule has 3 atom stereocenters. The zero-order chi connectivity index (χ0) is 27.9. The first-order valence-corrected chi connectivity index (χ1v) is 11.3. The lowest BCUT2D eigenvalue weighted by Crippen LogP contribution is -2.42. The number of nitrogens with one attached hydrogen (secondary N) is 1. The molecule has 9 nitrogen and oxygen atoms in total. The fourth-order valence-corrected chi connectivity index (χ4v) is 3.77. The van der Waals surface area contributed by atoms with Crippen molar-refractivity contribution in [1.82, 2.24) is 10.3 Å². The second-order valence-corrected chi connectivity index (χ2v) is 8.51. The van der Waals surface area contributed by atoms with Gasteiger partial charge < -0.3 is 24.3 Å². The molecule has 0 aliphatic rings. The molecule has 0 radical (unpaired) electrons. The Hall–Kier alpha value is -3.83. The topological polar surface area (TPSA) is 113 Å². The van der Waals surface area contributed by atoms with Gasteiger partial charge in [0.1, 0.15) is 17.9 Å². The summed E-state index contributed by atoms with van der Waals surface area (Å²) in [7, 11) is 1.33. The van der Waals surface area contributed by atoms with Crippen LogP contribution in [0.25, 0.3) is 0 Å². The van der Waals surface area contributed by atoms with E-state index in [1.54, 1.807) is 6.92 Å². The number of pyridine rings is 1. The van der Waals surface area contributed by atoms with E-state index in [1.165, 1.54) is 50.6 Å². The van der Waals surface area contributed by atoms with Crippen molar-refractivity contribution in [2.75, 3.05) is 7.11 Å². The van der Waals surface area contributed by atoms with Crippen LogP contribution in [0.15, 0.2) is 36.5 Å². The van der Waals surface area contributed by atoms with Crippen molar-refractivity contribution in [3.05, 3.63) is 47.8 Å². The van der Waals surface area contributed by atoms with Crippen LogP contribution in [0.3, 0.4) is 0 Å². The summed E-state index contributed by atoms with van der Waals surface area (Å²) in [5.41, 5.74) is 0.386. The quantitative estimate of drug-likeness (QED) is 0.453. The van der Waals surface area contributed by atoms with Crippen LogP contribution >= 0.6 is 0 Å². The van der Waals surface area contributed by atoms with Gasteiger partial charge in [-0.15, -0.1) is 13.2 Å². The summed E-state index contributed by atoms with van der Waals surface area (Å²) in [6.07, 6.45) is -4.21. The number of methoxy groups -OCH3 is 1. The number of carbonyl (C=O) groups is 3. The Bertz CT molecular complexity index is 1100. The third-order valence-electron chi connectivity index (χ3n) is 5.27. The summed E-state index contributed by atoms with van der Waals surface area (Å²) in [4.78, 5) is 40.9. The van der Waals surface area contributed by atoms with Gasteiger partial charge in [-0.1, -0.05) is 26.0 Å². The van der Waals surface area contributed by atoms with Gasteiger partial charge in [-0.2, -0.15) is 0 Å². The van der Waals surface area contributed by atoms with E-state index >= 15 is 0 Å². The van der Waals surface area contributed by atoms with E-state index in [0.717, 1.165) is 6.92 Å². The summed E-state index contributed by atoms with van der Waals surface area (Å²) in [5.74, 6) is -3.10. The molecule has 1 amide bonds. The van der Waals surface area contributed by atoms with Crippen LogP contribution in [0.1, 0.15) is 56.6 Å². The summed E-state index contributed by atoms with van der Waals surface area (Å²) in [6, 6.07) is 5.64. The molecule has 0 bridgehead atoms. The minimum absolute atomic E-state index is 0.0469. The maximum absolute atomic E-state index is 12.8. The number of carbonyl (C=O) groups excluding carboxylic acids is 3. The van der Waals surface area contributed by atoms with E-state index in [9.17, 15) is 27.6 Å². The van der Waals surface area contributed by atoms with E-state index in [-0.39, 0.29) is 34.8 Å². The fourth-order valence-electron chi connectivity index (χ4n) is 3.77. The average molecular weight is 527 g/mol. The Labute approximate surface area is 212 Å².